The fourth-order valence-corrected chi connectivity index (χ4v) is 4.73. The summed E-state index contributed by atoms with van der Waals surface area (Å²) < 4.78 is 18.3. The van der Waals surface area contributed by atoms with Crippen LogP contribution in [0.5, 0.6) is 5.75 Å². The number of hydrogen-bond donors (Lipinski definition) is 1. The van der Waals surface area contributed by atoms with Crippen LogP contribution in [0.3, 0.4) is 0 Å². The van der Waals surface area contributed by atoms with Gasteiger partial charge in [-0.25, -0.2) is 4.39 Å². The fraction of sp³-hybridized carbons (Fsp3) is 0.423. The first-order chi connectivity index (χ1) is 15.1. The molecule has 0 bridgehead atoms. The number of aryl methyl sites for hydroxylation is 1. The molecule has 1 aliphatic heterocycles. The van der Waals surface area contributed by atoms with Crippen LogP contribution >= 0.6 is 0 Å². The SMILES string of the molecule is CC(=O)Oc1ccc2c(CCCCN3CCCC(Cc4ccc(F)cc4)C3)c[nH]c2c1. The van der Waals surface area contributed by atoms with E-state index in [9.17, 15) is 9.18 Å². The molecule has 164 valence electrons. The molecule has 1 fully saturated rings. The molecule has 3 aromatic rings. The van der Waals surface area contributed by atoms with E-state index in [0.29, 0.717) is 11.7 Å². The van der Waals surface area contributed by atoms with Crippen molar-refractivity contribution in [2.45, 2.75) is 45.4 Å². The molecule has 4 rings (SSSR count). The van der Waals surface area contributed by atoms with Gasteiger partial charge in [0.15, 0.2) is 0 Å². The molecule has 1 saturated heterocycles. The van der Waals surface area contributed by atoms with Gasteiger partial charge in [0.25, 0.3) is 0 Å². The number of nitrogens with one attached hydrogen (secondary N) is 1. The lowest BCUT2D eigenvalue weighted by Crippen LogP contribution is -2.36. The maximum absolute atomic E-state index is 13.1. The lowest BCUT2D eigenvalue weighted by molar-refractivity contribution is -0.131. The topological polar surface area (TPSA) is 45.3 Å². The van der Waals surface area contributed by atoms with Crippen molar-refractivity contribution in [2.24, 2.45) is 5.92 Å². The Morgan fingerprint density at radius 2 is 2.03 bits per heavy atom. The summed E-state index contributed by atoms with van der Waals surface area (Å²) >= 11 is 0. The Morgan fingerprint density at radius 1 is 1.19 bits per heavy atom. The highest BCUT2D eigenvalue weighted by molar-refractivity contribution is 5.85. The van der Waals surface area contributed by atoms with Crippen LogP contribution in [0.25, 0.3) is 10.9 Å². The number of aromatic nitrogens is 1. The summed E-state index contributed by atoms with van der Waals surface area (Å²) in [5.74, 6) is 0.783. The first-order valence-electron chi connectivity index (χ1n) is 11.3. The number of halogens is 1. The number of ether oxygens (including phenoxy) is 1. The predicted molar refractivity (Wildman–Crippen MR) is 122 cm³/mol. The summed E-state index contributed by atoms with van der Waals surface area (Å²) in [6.45, 7) is 4.88. The molecule has 0 aliphatic carbocycles. The number of aromatic amines is 1. The number of H-pyrrole nitrogens is 1. The summed E-state index contributed by atoms with van der Waals surface area (Å²) in [6.07, 6.45) is 9.00. The Hall–Kier alpha value is -2.66. The zero-order chi connectivity index (χ0) is 21.6. The third kappa shape index (κ3) is 5.95. The van der Waals surface area contributed by atoms with E-state index < -0.39 is 0 Å². The van der Waals surface area contributed by atoms with Crippen LogP contribution in [-0.2, 0) is 17.6 Å². The highest BCUT2D eigenvalue weighted by Gasteiger charge is 2.20. The number of nitrogens with zero attached hydrogens (tertiary/aromatic N) is 1. The average Bonchev–Trinajstić information content (AvgIpc) is 3.15. The number of likely N-dealkylation sites (tertiary alicyclic amines) is 1. The highest BCUT2D eigenvalue weighted by atomic mass is 19.1. The smallest absolute Gasteiger partial charge is 0.308 e. The number of unbranched alkanes of at least 4 members (excludes halogenated alkanes) is 1. The number of piperidine rings is 1. The minimum Gasteiger partial charge on any atom is -0.427 e. The summed E-state index contributed by atoms with van der Waals surface area (Å²) in [4.78, 5) is 17.0. The maximum atomic E-state index is 13.1. The van der Waals surface area contributed by atoms with Gasteiger partial charge in [0.05, 0.1) is 0 Å². The standard InChI is InChI=1S/C26H31FN2O2/c1-19(30)31-24-11-12-25-22(17-28-26(25)16-24)6-2-3-13-29-14-4-5-21(18-29)15-20-7-9-23(27)10-8-20/h7-12,16-17,21,28H,2-6,13-15,18H2,1H3. The second kappa shape index (κ2) is 10.1. The third-order valence-electron chi connectivity index (χ3n) is 6.21. The molecule has 1 atom stereocenters. The molecule has 0 amide bonds. The van der Waals surface area contributed by atoms with Gasteiger partial charge >= 0.3 is 5.97 Å². The minimum absolute atomic E-state index is 0.158. The molecule has 0 radical (unpaired) electrons. The second-order valence-electron chi connectivity index (χ2n) is 8.71. The number of hydrogen-bond acceptors (Lipinski definition) is 3. The Labute approximate surface area is 183 Å². The average molecular weight is 423 g/mol. The van der Waals surface area contributed by atoms with Gasteiger partial charge in [-0.3, -0.25) is 4.79 Å². The molecule has 0 spiro atoms. The Balaban J connectivity index is 1.23. The van der Waals surface area contributed by atoms with Gasteiger partial charge in [-0.2, -0.15) is 0 Å². The van der Waals surface area contributed by atoms with Crippen molar-refractivity contribution in [3.8, 4) is 5.75 Å². The molecule has 1 aliphatic rings. The molecule has 1 aromatic heterocycles. The van der Waals surface area contributed by atoms with Gasteiger partial charge in [0.2, 0.25) is 0 Å². The lowest BCUT2D eigenvalue weighted by Gasteiger charge is -2.32. The summed E-state index contributed by atoms with van der Waals surface area (Å²) in [7, 11) is 0. The number of carbonyl (C=O) groups excluding carboxylic acids is 1. The molecular formula is C26H31FN2O2. The van der Waals surface area contributed by atoms with Crippen molar-refractivity contribution >= 4 is 16.9 Å². The zero-order valence-electron chi connectivity index (χ0n) is 18.2. The number of benzene rings is 2. The van der Waals surface area contributed by atoms with Crippen LogP contribution in [0.15, 0.2) is 48.7 Å². The number of rotatable bonds is 8. The van der Waals surface area contributed by atoms with Gasteiger partial charge in [-0.05, 0) is 92.9 Å². The van der Waals surface area contributed by atoms with Crippen LogP contribution in [-0.4, -0.2) is 35.5 Å². The molecule has 2 heterocycles. The van der Waals surface area contributed by atoms with Gasteiger partial charge < -0.3 is 14.6 Å². The maximum Gasteiger partial charge on any atom is 0.308 e. The van der Waals surface area contributed by atoms with Crippen molar-refractivity contribution in [1.29, 1.82) is 0 Å². The van der Waals surface area contributed by atoms with Crippen LogP contribution in [0.4, 0.5) is 4.39 Å². The predicted octanol–water partition coefficient (Wildman–Crippen LogP) is 5.51. The van der Waals surface area contributed by atoms with Crippen molar-refractivity contribution in [1.82, 2.24) is 9.88 Å². The number of carbonyl (C=O) groups is 1. The summed E-state index contributed by atoms with van der Waals surface area (Å²) in [5, 5.41) is 1.20. The minimum atomic E-state index is -0.302. The van der Waals surface area contributed by atoms with Gasteiger partial charge in [-0.1, -0.05) is 12.1 Å². The van der Waals surface area contributed by atoms with Crippen molar-refractivity contribution < 1.29 is 13.9 Å². The van der Waals surface area contributed by atoms with Gasteiger partial charge in [0, 0.05) is 36.6 Å². The van der Waals surface area contributed by atoms with Crippen LogP contribution in [0.1, 0.15) is 43.7 Å². The molecule has 4 nitrogen and oxygen atoms in total. The highest BCUT2D eigenvalue weighted by Crippen LogP contribution is 2.25. The molecule has 1 unspecified atom stereocenters. The van der Waals surface area contributed by atoms with Gasteiger partial charge in [0.1, 0.15) is 11.6 Å². The quantitative estimate of drug-likeness (QED) is 0.296. The lowest BCUT2D eigenvalue weighted by atomic mass is 9.91. The van der Waals surface area contributed by atoms with E-state index in [-0.39, 0.29) is 11.8 Å². The third-order valence-corrected chi connectivity index (χ3v) is 6.21. The van der Waals surface area contributed by atoms with Crippen molar-refractivity contribution in [3.05, 3.63) is 65.6 Å². The fourth-order valence-electron chi connectivity index (χ4n) is 4.73. The first kappa shape index (κ1) is 21.6. The second-order valence-corrected chi connectivity index (χ2v) is 8.71. The van der Waals surface area contributed by atoms with E-state index in [0.717, 1.165) is 37.9 Å². The molecule has 1 N–H and O–H groups in total. The van der Waals surface area contributed by atoms with Gasteiger partial charge in [-0.15, -0.1) is 0 Å². The van der Waals surface area contributed by atoms with E-state index >= 15 is 0 Å². The number of fused-ring (bicyclic) bond motifs is 1. The summed E-state index contributed by atoms with van der Waals surface area (Å²) in [5.41, 5.74) is 3.56. The molecule has 2 aromatic carbocycles. The van der Waals surface area contributed by atoms with Crippen molar-refractivity contribution in [3.63, 3.8) is 0 Å². The van der Waals surface area contributed by atoms with E-state index in [1.165, 1.54) is 49.2 Å². The Morgan fingerprint density at radius 3 is 2.84 bits per heavy atom. The van der Waals surface area contributed by atoms with E-state index in [2.05, 4.69) is 16.1 Å². The molecule has 0 saturated carbocycles. The van der Waals surface area contributed by atoms with Crippen molar-refractivity contribution in [2.75, 3.05) is 19.6 Å². The largest absolute Gasteiger partial charge is 0.427 e. The monoisotopic (exact) mass is 422 g/mol. The number of esters is 1. The Kier molecular flexibility index (Phi) is 7.03. The molecule has 31 heavy (non-hydrogen) atoms. The normalized spacial score (nSPS) is 17.2. The summed E-state index contributed by atoms with van der Waals surface area (Å²) in [6, 6.07) is 12.8. The van der Waals surface area contributed by atoms with E-state index in [1.54, 1.807) is 12.1 Å². The van der Waals surface area contributed by atoms with E-state index in [4.69, 9.17) is 4.74 Å². The first-order valence-corrected chi connectivity index (χ1v) is 11.3. The molecular weight excluding hydrogens is 391 g/mol. The van der Waals surface area contributed by atoms with Crippen LogP contribution in [0.2, 0.25) is 0 Å². The van der Waals surface area contributed by atoms with Crippen LogP contribution < -0.4 is 4.74 Å². The van der Waals surface area contributed by atoms with Crippen LogP contribution in [0, 0.1) is 11.7 Å². The zero-order valence-corrected chi connectivity index (χ0v) is 18.2. The molecule has 5 heteroatoms. The van der Waals surface area contributed by atoms with E-state index in [1.807, 2.05) is 30.3 Å². The Bertz CT molecular complexity index is 1010.